The van der Waals surface area contributed by atoms with E-state index in [1.54, 1.807) is 0 Å². The number of amides is 1. The van der Waals surface area contributed by atoms with Gasteiger partial charge in [0.1, 0.15) is 0 Å². The van der Waals surface area contributed by atoms with E-state index in [1.807, 2.05) is 30.0 Å². The predicted molar refractivity (Wildman–Crippen MR) is 77.3 cm³/mol. The topological polar surface area (TPSA) is 20.3 Å². The lowest BCUT2D eigenvalue weighted by Gasteiger charge is -2.23. The third-order valence-corrected chi connectivity index (χ3v) is 3.69. The fourth-order valence-corrected chi connectivity index (χ4v) is 2.37. The molecule has 0 aliphatic heterocycles. The summed E-state index contributed by atoms with van der Waals surface area (Å²) in [7, 11) is 0. The van der Waals surface area contributed by atoms with Gasteiger partial charge in [0.05, 0.1) is 0 Å². The SMILES string of the molecule is CCCN(CC1CC1)C(=O)c1cc(S)ccc1C. The Morgan fingerprint density at radius 2 is 2.17 bits per heavy atom. The lowest BCUT2D eigenvalue weighted by molar-refractivity contribution is 0.0746. The molecule has 1 aromatic rings. The summed E-state index contributed by atoms with van der Waals surface area (Å²) in [5, 5.41) is 0. The third kappa shape index (κ3) is 3.29. The highest BCUT2D eigenvalue weighted by atomic mass is 32.1. The zero-order chi connectivity index (χ0) is 13.1. The van der Waals surface area contributed by atoms with Gasteiger partial charge in [-0.05, 0) is 49.8 Å². The van der Waals surface area contributed by atoms with Crippen LogP contribution in [-0.4, -0.2) is 23.9 Å². The number of hydrogen-bond acceptors (Lipinski definition) is 2. The van der Waals surface area contributed by atoms with E-state index in [0.717, 1.165) is 41.5 Å². The quantitative estimate of drug-likeness (QED) is 0.806. The molecular formula is C15H21NOS. The maximum absolute atomic E-state index is 12.6. The lowest BCUT2D eigenvalue weighted by atomic mass is 10.1. The number of hydrogen-bond donors (Lipinski definition) is 1. The van der Waals surface area contributed by atoms with Crippen molar-refractivity contribution in [3.05, 3.63) is 29.3 Å². The molecule has 0 bridgehead atoms. The molecule has 2 rings (SSSR count). The van der Waals surface area contributed by atoms with Crippen molar-refractivity contribution in [3.8, 4) is 0 Å². The van der Waals surface area contributed by atoms with Gasteiger partial charge in [0.25, 0.3) is 5.91 Å². The molecule has 1 fully saturated rings. The van der Waals surface area contributed by atoms with E-state index in [1.165, 1.54) is 12.8 Å². The van der Waals surface area contributed by atoms with Crippen LogP contribution in [0, 0.1) is 12.8 Å². The van der Waals surface area contributed by atoms with E-state index in [4.69, 9.17) is 0 Å². The number of carbonyl (C=O) groups is 1. The van der Waals surface area contributed by atoms with Crippen LogP contribution in [-0.2, 0) is 0 Å². The average molecular weight is 263 g/mol. The Hall–Kier alpha value is -0.960. The second kappa shape index (κ2) is 5.79. The van der Waals surface area contributed by atoms with E-state index in [-0.39, 0.29) is 5.91 Å². The van der Waals surface area contributed by atoms with E-state index < -0.39 is 0 Å². The molecule has 2 nitrogen and oxygen atoms in total. The Bertz CT molecular complexity index is 440. The monoisotopic (exact) mass is 263 g/mol. The van der Waals surface area contributed by atoms with Crippen LogP contribution in [0.1, 0.15) is 42.1 Å². The molecule has 3 heteroatoms. The molecule has 0 aromatic heterocycles. The zero-order valence-corrected chi connectivity index (χ0v) is 12.0. The summed E-state index contributed by atoms with van der Waals surface area (Å²) in [6, 6.07) is 5.79. The summed E-state index contributed by atoms with van der Waals surface area (Å²) in [5.41, 5.74) is 1.84. The maximum atomic E-state index is 12.6. The van der Waals surface area contributed by atoms with Crippen molar-refractivity contribution >= 4 is 18.5 Å². The Labute approximate surface area is 115 Å². The van der Waals surface area contributed by atoms with Crippen LogP contribution in [0.15, 0.2) is 23.1 Å². The second-order valence-corrected chi connectivity index (χ2v) is 5.71. The van der Waals surface area contributed by atoms with Crippen molar-refractivity contribution in [2.45, 2.75) is 38.0 Å². The molecule has 1 saturated carbocycles. The zero-order valence-electron chi connectivity index (χ0n) is 11.1. The minimum Gasteiger partial charge on any atom is -0.338 e. The van der Waals surface area contributed by atoms with Gasteiger partial charge in [-0.3, -0.25) is 4.79 Å². The molecule has 1 aliphatic rings. The molecule has 0 N–H and O–H groups in total. The normalized spacial score (nSPS) is 14.6. The van der Waals surface area contributed by atoms with Crippen LogP contribution >= 0.6 is 12.6 Å². The summed E-state index contributed by atoms with van der Waals surface area (Å²) in [6.07, 6.45) is 3.57. The van der Waals surface area contributed by atoms with Crippen LogP contribution in [0.5, 0.6) is 0 Å². The fourth-order valence-electron chi connectivity index (χ4n) is 2.17. The molecule has 1 amide bonds. The fraction of sp³-hybridized carbons (Fsp3) is 0.533. The van der Waals surface area contributed by atoms with Gasteiger partial charge in [0, 0.05) is 23.5 Å². The first-order valence-electron chi connectivity index (χ1n) is 6.70. The first-order valence-corrected chi connectivity index (χ1v) is 7.15. The van der Waals surface area contributed by atoms with Crippen LogP contribution in [0.25, 0.3) is 0 Å². The van der Waals surface area contributed by atoms with E-state index in [9.17, 15) is 4.79 Å². The van der Waals surface area contributed by atoms with Gasteiger partial charge in [-0.25, -0.2) is 0 Å². The van der Waals surface area contributed by atoms with Crippen LogP contribution < -0.4 is 0 Å². The summed E-state index contributed by atoms with van der Waals surface area (Å²) in [4.78, 5) is 15.4. The molecule has 98 valence electrons. The summed E-state index contributed by atoms with van der Waals surface area (Å²) in [5.74, 6) is 0.900. The largest absolute Gasteiger partial charge is 0.338 e. The second-order valence-electron chi connectivity index (χ2n) is 5.19. The number of carbonyl (C=O) groups excluding carboxylic acids is 1. The number of thiol groups is 1. The number of benzene rings is 1. The summed E-state index contributed by atoms with van der Waals surface area (Å²) in [6.45, 7) is 5.88. The number of rotatable bonds is 5. The number of nitrogens with zero attached hydrogens (tertiary/aromatic N) is 1. The molecule has 0 saturated heterocycles. The highest BCUT2D eigenvalue weighted by Gasteiger charge is 2.27. The Morgan fingerprint density at radius 1 is 1.44 bits per heavy atom. The smallest absolute Gasteiger partial charge is 0.254 e. The molecule has 0 radical (unpaired) electrons. The molecule has 0 spiro atoms. The van der Waals surface area contributed by atoms with E-state index >= 15 is 0 Å². The molecular weight excluding hydrogens is 242 g/mol. The van der Waals surface area contributed by atoms with Gasteiger partial charge in [0.2, 0.25) is 0 Å². The first-order chi connectivity index (χ1) is 8.61. The number of aryl methyl sites for hydroxylation is 1. The van der Waals surface area contributed by atoms with Gasteiger partial charge in [0.15, 0.2) is 0 Å². The van der Waals surface area contributed by atoms with Crippen molar-refractivity contribution in [1.82, 2.24) is 4.90 Å². The maximum Gasteiger partial charge on any atom is 0.254 e. The van der Waals surface area contributed by atoms with E-state index in [0.29, 0.717) is 0 Å². The Kier molecular flexibility index (Phi) is 4.33. The highest BCUT2D eigenvalue weighted by molar-refractivity contribution is 7.80. The molecule has 1 aromatic carbocycles. The minimum atomic E-state index is 0.164. The summed E-state index contributed by atoms with van der Waals surface area (Å²) < 4.78 is 0. The molecule has 0 atom stereocenters. The average Bonchev–Trinajstić information content (AvgIpc) is 3.15. The standard InChI is InChI=1S/C15H21NOS/c1-3-8-16(10-12-5-6-12)15(17)14-9-13(18)7-4-11(14)2/h4,7,9,12,18H,3,5-6,8,10H2,1-2H3. The van der Waals surface area contributed by atoms with Crippen LogP contribution in [0.2, 0.25) is 0 Å². The minimum absolute atomic E-state index is 0.164. The van der Waals surface area contributed by atoms with Gasteiger partial charge < -0.3 is 4.90 Å². The molecule has 1 aliphatic carbocycles. The van der Waals surface area contributed by atoms with Crippen molar-refractivity contribution < 1.29 is 4.79 Å². The summed E-state index contributed by atoms with van der Waals surface area (Å²) >= 11 is 4.33. The van der Waals surface area contributed by atoms with Crippen LogP contribution in [0.4, 0.5) is 0 Å². The Balaban J connectivity index is 2.17. The molecule has 18 heavy (non-hydrogen) atoms. The van der Waals surface area contributed by atoms with Crippen molar-refractivity contribution in [2.75, 3.05) is 13.1 Å². The van der Waals surface area contributed by atoms with Crippen molar-refractivity contribution in [1.29, 1.82) is 0 Å². The van der Waals surface area contributed by atoms with Gasteiger partial charge in [-0.1, -0.05) is 13.0 Å². The van der Waals surface area contributed by atoms with Gasteiger partial charge >= 0.3 is 0 Å². The molecule has 0 unspecified atom stereocenters. The van der Waals surface area contributed by atoms with Crippen molar-refractivity contribution in [2.24, 2.45) is 5.92 Å². The van der Waals surface area contributed by atoms with Crippen LogP contribution in [0.3, 0.4) is 0 Å². The molecule has 0 heterocycles. The lowest BCUT2D eigenvalue weighted by Crippen LogP contribution is -2.34. The van der Waals surface area contributed by atoms with Gasteiger partial charge in [-0.15, -0.1) is 12.6 Å². The third-order valence-electron chi connectivity index (χ3n) is 3.41. The van der Waals surface area contributed by atoms with Gasteiger partial charge in [-0.2, -0.15) is 0 Å². The predicted octanol–water partition coefficient (Wildman–Crippen LogP) is 3.55. The van der Waals surface area contributed by atoms with E-state index in [2.05, 4.69) is 19.6 Å². The Morgan fingerprint density at radius 3 is 2.78 bits per heavy atom. The van der Waals surface area contributed by atoms with Crippen molar-refractivity contribution in [3.63, 3.8) is 0 Å². The first kappa shape index (κ1) is 13.5. The highest BCUT2D eigenvalue weighted by Crippen LogP contribution is 2.30.